The first kappa shape index (κ1) is 30.6. The topological polar surface area (TPSA) is 109 Å². The largest absolute Gasteiger partial charge is 0.360 e. The number of hydrogen-bond acceptors (Lipinski definition) is 9. The Morgan fingerprint density at radius 1 is 1.11 bits per heavy atom. The van der Waals surface area contributed by atoms with Gasteiger partial charge in [-0.1, -0.05) is 45.8 Å². The molecular weight excluding hydrogens is 665 g/mol. The number of carbonyl (C=O) groups excluding carboxylic acids is 1. The van der Waals surface area contributed by atoms with Crippen LogP contribution in [0.25, 0.3) is 21.5 Å². The van der Waals surface area contributed by atoms with Gasteiger partial charge in [-0.2, -0.15) is 0 Å². The van der Waals surface area contributed by atoms with Gasteiger partial charge in [0.1, 0.15) is 11.5 Å². The van der Waals surface area contributed by atoms with E-state index in [0.29, 0.717) is 59.0 Å². The number of thiazole rings is 1. The number of anilines is 1. The van der Waals surface area contributed by atoms with Gasteiger partial charge in [-0.3, -0.25) is 9.69 Å². The second-order valence-electron chi connectivity index (χ2n) is 13.6. The van der Waals surface area contributed by atoms with E-state index in [1.807, 2.05) is 24.3 Å². The van der Waals surface area contributed by atoms with E-state index >= 15 is 0 Å². The molecule has 2 aromatic heterocycles. The first-order valence-corrected chi connectivity index (χ1v) is 19.0. The minimum atomic E-state index is -3.70. The van der Waals surface area contributed by atoms with Gasteiger partial charge < -0.3 is 9.42 Å². The molecule has 8 rings (SSSR count). The fourth-order valence-electron chi connectivity index (χ4n) is 7.17. The summed E-state index contributed by atoms with van der Waals surface area (Å²) < 4.78 is 33.4. The van der Waals surface area contributed by atoms with Gasteiger partial charge in [0.15, 0.2) is 5.13 Å². The van der Waals surface area contributed by atoms with E-state index in [1.165, 1.54) is 0 Å². The van der Waals surface area contributed by atoms with E-state index in [9.17, 15) is 13.2 Å². The highest BCUT2D eigenvalue weighted by atomic mass is 35.5. The van der Waals surface area contributed by atoms with E-state index in [4.69, 9.17) is 32.7 Å². The third kappa shape index (κ3) is 5.32. The molecule has 4 heterocycles. The van der Waals surface area contributed by atoms with Crippen molar-refractivity contribution < 1.29 is 17.7 Å². The number of fused-ring (bicyclic) bond motifs is 3. The summed E-state index contributed by atoms with van der Waals surface area (Å²) in [7, 11) is -1.51. The van der Waals surface area contributed by atoms with Crippen LogP contribution in [-0.2, 0) is 16.6 Å². The second kappa shape index (κ2) is 11.2. The Kier molecular flexibility index (Phi) is 7.45. The van der Waals surface area contributed by atoms with Crippen molar-refractivity contribution >= 4 is 65.8 Å². The fourth-order valence-corrected chi connectivity index (χ4v) is 10.1. The molecule has 2 aliphatic carbocycles. The van der Waals surface area contributed by atoms with E-state index in [2.05, 4.69) is 26.7 Å². The molecule has 242 valence electrons. The molecule has 2 unspecified atom stereocenters. The molecule has 0 spiro atoms. The van der Waals surface area contributed by atoms with E-state index in [0.717, 1.165) is 76.5 Å². The lowest BCUT2D eigenvalue weighted by molar-refractivity contribution is 0.0981. The monoisotopic (exact) mass is 699 g/mol. The predicted octanol–water partition coefficient (Wildman–Crippen LogP) is 7.38. The summed E-state index contributed by atoms with van der Waals surface area (Å²) in [4.78, 5) is 22.8. The average molecular weight is 701 g/mol. The lowest BCUT2D eigenvalue weighted by Crippen LogP contribution is -2.49. The molecule has 9 nitrogen and oxygen atoms in total. The number of sulfonamides is 1. The molecule has 1 amide bonds. The van der Waals surface area contributed by atoms with Crippen molar-refractivity contribution in [2.24, 2.45) is 0 Å². The SMILES string of the molecule is CN(Cc1c(-c2c(Cl)cccc2Cl)noc1C1CC1)C1CC2CCC(C1)N2c1nc2ccc(C(=O)NS(=O)(=O)C3(C)CC3)cc2s1. The molecule has 0 radical (unpaired) electrons. The number of piperidine rings is 1. The molecule has 2 aromatic carbocycles. The number of aromatic nitrogens is 2. The number of halogens is 2. The Labute approximate surface area is 282 Å². The maximum atomic E-state index is 12.9. The first-order valence-electron chi connectivity index (χ1n) is 15.9. The summed E-state index contributed by atoms with van der Waals surface area (Å²) in [5, 5.41) is 6.59. The number of nitrogens with zero attached hydrogens (tertiary/aromatic N) is 4. The standard InChI is InChI=1S/C33H35Cl2N5O4S2/c1-33(12-13-33)46(42,43)38-31(41)19-8-11-26-27(14-19)45-32(36-26)40-20-9-10-21(40)16-22(15-20)39(2)17-23-29(37-44-30(23)18-6-7-18)28-24(34)4-3-5-25(28)35/h3-5,8,11,14,18,20-22H,6-7,9-10,12-13,15-17H2,1-2H3,(H,38,41). The minimum absolute atomic E-state index is 0.329. The molecule has 2 bridgehead atoms. The van der Waals surface area contributed by atoms with Gasteiger partial charge in [-0.25, -0.2) is 18.1 Å². The first-order chi connectivity index (χ1) is 22.0. The number of rotatable bonds is 9. The quantitative estimate of drug-likeness (QED) is 0.193. The Morgan fingerprint density at radius 3 is 2.46 bits per heavy atom. The molecule has 46 heavy (non-hydrogen) atoms. The van der Waals surface area contributed by atoms with Crippen molar-refractivity contribution in [3.8, 4) is 11.3 Å². The summed E-state index contributed by atoms with van der Waals surface area (Å²) in [6, 6.07) is 11.9. The van der Waals surface area contributed by atoms with Crippen molar-refractivity contribution in [3.05, 3.63) is 63.3 Å². The van der Waals surface area contributed by atoms with Crippen LogP contribution in [0.15, 0.2) is 40.9 Å². The predicted molar refractivity (Wildman–Crippen MR) is 181 cm³/mol. The Balaban J connectivity index is 0.995. The third-order valence-electron chi connectivity index (χ3n) is 10.4. The molecule has 13 heteroatoms. The van der Waals surface area contributed by atoms with Crippen molar-refractivity contribution in [2.45, 2.75) is 93.6 Å². The number of amides is 1. The van der Waals surface area contributed by atoms with Crippen LogP contribution in [0, 0.1) is 0 Å². The molecule has 2 saturated heterocycles. The lowest BCUT2D eigenvalue weighted by Gasteiger charge is -2.42. The van der Waals surface area contributed by atoms with Gasteiger partial charge in [0.2, 0.25) is 10.0 Å². The van der Waals surface area contributed by atoms with Crippen LogP contribution >= 0.6 is 34.5 Å². The highest BCUT2D eigenvalue weighted by molar-refractivity contribution is 7.91. The Bertz CT molecular complexity index is 1930. The van der Waals surface area contributed by atoms with Gasteiger partial charge in [0, 0.05) is 47.3 Å². The van der Waals surface area contributed by atoms with Gasteiger partial charge in [-0.05, 0) is 95.7 Å². The molecular formula is C33H35Cl2N5O4S2. The normalized spacial score (nSPS) is 23.8. The van der Waals surface area contributed by atoms with E-state index in [-0.39, 0.29) is 0 Å². The second-order valence-corrected chi connectivity index (χ2v) is 17.7. The number of benzene rings is 2. The van der Waals surface area contributed by atoms with Crippen molar-refractivity contribution in [2.75, 3.05) is 11.9 Å². The highest BCUT2D eigenvalue weighted by Crippen LogP contribution is 2.48. The van der Waals surface area contributed by atoms with Gasteiger partial charge in [0.25, 0.3) is 5.91 Å². The lowest BCUT2D eigenvalue weighted by atomic mass is 9.95. The molecule has 4 aromatic rings. The Hall–Kier alpha value is -2.70. The van der Waals surface area contributed by atoms with E-state index < -0.39 is 20.7 Å². The summed E-state index contributed by atoms with van der Waals surface area (Å²) in [6.07, 6.45) is 7.60. The molecule has 2 aliphatic heterocycles. The minimum Gasteiger partial charge on any atom is -0.360 e. The van der Waals surface area contributed by atoms with Gasteiger partial charge in [0.05, 0.1) is 25.0 Å². The third-order valence-corrected chi connectivity index (χ3v) is 14.2. The number of carbonyl (C=O) groups is 1. The number of nitrogens with one attached hydrogen (secondary N) is 1. The maximum Gasteiger partial charge on any atom is 0.264 e. The highest BCUT2D eigenvalue weighted by Gasteiger charge is 2.51. The van der Waals surface area contributed by atoms with Crippen LogP contribution in [0.4, 0.5) is 5.13 Å². The maximum absolute atomic E-state index is 12.9. The van der Waals surface area contributed by atoms with Crippen LogP contribution in [0.5, 0.6) is 0 Å². The van der Waals surface area contributed by atoms with Crippen molar-refractivity contribution in [1.29, 1.82) is 0 Å². The fraction of sp³-hybridized carbons (Fsp3) is 0.485. The molecule has 1 N–H and O–H groups in total. The summed E-state index contributed by atoms with van der Waals surface area (Å²) >= 11 is 14.8. The molecule has 4 aliphatic rings. The van der Waals surface area contributed by atoms with E-state index in [1.54, 1.807) is 30.4 Å². The summed E-state index contributed by atoms with van der Waals surface area (Å²) in [6.45, 7) is 2.38. The van der Waals surface area contributed by atoms with Crippen LogP contribution in [0.3, 0.4) is 0 Å². The van der Waals surface area contributed by atoms with Gasteiger partial charge in [-0.15, -0.1) is 0 Å². The zero-order chi connectivity index (χ0) is 32.0. The van der Waals surface area contributed by atoms with Crippen molar-refractivity contribution in [1.82, 2.24) is 19.8 Å². The zero-order valence-electron chi connectivity index (χ0n) is 25.6. The van der Waals surface area contributed by atoms with Gasteiger partial charge >= 0.3 is 0 Å². The van der Waals surface area contributed by atoms with Crippen LogP contribution in [0.1, 0.15) is 85.9 Å². The molecule has 4 fully saturated rings. The van der Waals surface area contributed by atoms with Crippen LogP contribution < -0.4 is 9.62 Å². The van der Waals surface area contributed by atoms with Crippen LogP contribution in [0.2, 0.25) is 10.0 Å². The Morgan fingerprint density at radius 2 is 1.80 bits per heavy atom. The average Bonchev–Trinajstić information content (AvgIpc) is 3.90. The summed E-state index contributed by atoms with van der Waals surface area (Å²) in [5.74, 6) is 0.770. The number of hydrogen-bond donors (Lipinski definition) is 1. The smallest absolute Gasteiger partial charge is 0.264 e. The van der Waals surface area contributed by atoms with Crippen LogP contribution in [-0.4, -0.2) is 59.3 Å². The van der Waals surface area contributed by atoms with Crippen molar-refractivity contribution in [3.63, 3.8) is 0 Å². The zero-order valence-corrected chi connectivity index (χ0v) is 28.8. The molecule has 2 saturated carbocycles. The summed E-state index contributed by atoms with van der Waals surface area (Å²) in [5.41, 5.74) is 3.70. The molecule has 2 atom stereocenters.